The lowest BCUT2D eigenvalue weighted by Crippen LogP contribution is -2.47. The van der Waals surface area contributed by atoms with Crippen molar-refractivity contribution in [3.63, 3.8) is 0 Å². The SMILES string of the molecule is COc1ccc(CC2CC(N)CN(Cc3ccc(Cl)cc3)C2)cc1. The fourth-order valence-corrected chi connectivity index (χ4v) is 3.69. The van der Waals surface area contributed by atoms with Crippen molar-refractivity contribution in [1.82, 2.24) is 4.90 Å². The van der Waals surface area contributed by atoms with E-state index < -0.39 is 0 Å². The minimum atomic E-state index is 0.245. The third-order valence-electron chi connectivity index (χ3n) is 4.65. The first-order valence-electron chi connectivity index (χ1n) is 8.47. The number of likely N-dealkylation sites (tertiary alicyclic amines) is 1. The zero-order valence-corrected chi connectivity index (χ0v) is 14.9. The van der Waals surface area contributed by atoms with Gasteiger partial charge in [-0.3, -0.25) is 4.90 Å². The Morgan fingerprint density at radius 3 is 2.38 bits per heavy atom. The van der Waals surface area contributed by atoms with Crippen LogP contribution in [0.2, 0.25) is 5.02 Å². The molecule has 1 fully saturated rings. The molecule has 4 heteroatoms. The van der Waals surface area contributed by atoms with Gasteiger partial charge in [0, 0.05) is 30.7 Å². The minimum Gasteiger partial charge on any atom is -0.497 e. The molecular formula is C20H25ClN2O. The molecule has 0 aliphatic carbocycles. The molecule has 128 valence electrons. The summed E-state index contributed by atoms with van der Waals surface area (Å²) in [6.45, 7) is 2.98. The van der Waals surface area contributed by atoms with E-state index in [4.69, 9.17) is 22.1 Å². The van der Waals surface area contributed by atoms with Gasteiger partial charge in [-0.15, -0.1) is 0 Å². The van der Waals surface area contributed by atoms with Crippen LogP contribution in [0.25, 0.3) is 0 Å². The molecule has 2 N–H and O–H groups in total. The second-order valence-electron chi connectivity index (χ2n) is 6.73. The van der Waals surface area contributed by atoms with E-state index in [1.165, 1.54) is 11.1 Å². The number of rotatable bonds is 5. The number of halogens is 1. The number of benzene rings is 2. The molecule has 24 heavy (non-hydrogen) atoms. The molecule has 2 aromatic rings. The van der Waals surface area contributed by atoms with Gasteiger partial charge in [0.05, 0.1) is 7.11 Å². The van der Waals surface area contributed by atoms with Gasteiger partial charge in [0.15, 0.2) is 0 Å². The molecule has 1 aliphatic rings. The summed E-state index contributed by atoms with van der Waals surface area (Å²) in [4.78, 5) is 2.46. The zero-order chi connectivity index (χ0) is 16.9. The molecule has 1 heterocycles. The Balaban J connectivity index is 1.60. The second-order valence-corrected chi connectivity index (χ2v) is 7.17. The molecule has 0 spiro atoms. The van der Waals surface area contributed by atoms with Crippen LogP contribution in [-0.2, 0) is 13.0 Å². The van der Waals surface area contributed by atoms with Gasteiger partial charge in [-0.2, -0.15) is 0 Å². The zero-order valence-electron chi connectivity index (χ0n) is 14.1. The quantitative estimate of drug-likeness (QED) is 0.898. The van der Waals surface area contributed by atoms with E-state index in [2.05, 4.69) is 29.2 Å². The van der Waals surface area contributed by atoms with Crippen LogP contribution in [0.4, 0.5) is 0 Å². The van der Waals surface area contributed by atoms with Crippen LogP contribution in [-0.4, -0.2) is 31.1 Å². The summed E-state index contributed by atoms with van der Waals surface area (Å²) in [5, 5.41) is 0.784. The van der Waals surface area contributed by atoms with Crippen LogP contribution in [0.3, 0.4) is 0 Å². The highest BCUT2D eigenvalue weighted by molar-refractivity contribution is 6.30. The van der Waals surface area contributed by atoms with Crippen molar-refractivity contribution in [2.45, 2.75) is 25.4 Å². The van der Waals surface area contributed by atoms with E-state index in [1.807, 2.05) is 24.3 Å². The number of ether oxygens (including phenoxy) is 1. The van der Waals surface area contributed by atoms with E-state index in [9.17, 15) is 0 Å². The molecule has 3 rings (SSSR count). The van der Waals surface area contributed by atoms with Crippen molar-refractivity contribution in [3.8, 4) is 5.75 Å². The summed E-state index contributed by atoms with van der Waals surface area (Å²) < 4.78 is 5.23. The van der Waals surface area contributed by atoms with E-state index in [1.54, 1.807) is 7.11 Å². The highest BCUT2D eigenvalue weighted by atomic mass is 35.5. The Morgan fingerprint density at radius 1 is 1.04 bits per heavy atom. The molecule has 0 radical (unpaired) electrons. The van der Waals surface area contributed by atoms with Gasteiger partial charge < -0.3 is 10.5 Å². The van der Waals surface area contributed by atoms with Crippen molar-refractivity contribution in [3.05, 3.63) is 64.7 Å². The monoisotopic (exact) mass is 344 g/mol. The lowest BCUT2D eigenvalue weighted by molar-refractivity contribution is 0.149. The number of nitrogens with two attached hydrogens (primary N) is 1. The summed E-state index contributed by atoms with van der Waals surface area (Å²) in [7, 11) is 1.70. The highest BCUT2D eigenvalue weighted by Gasteiger charge is 2.25. The molecule has 2 unspecified atom stereocenters. The standard InChI is InChI=1S/C20H25ClN2O/c1-24-20-8-4-15(5-9-20)10-17-11-19(22)14-23(13-17)12-16-2-6-18(21)7-3-16/h2-9,17,19H,10-14,22H2,1H3. The van der Waals surface area contributed by atoms with Gasteiger partial charge in [-0.05, 0) is 54.2 Å². The molecule has 2 atom stereocenters. The molecule has 0 bridgehead atoms. The average Bonchev–Trinajstić information content (AvgIpc) is 2.57. The maximum absolute atomic E-state index is 6.31. The summed E-state index contributed by atoms with van der Waals surface area (Å²) >= 11 is 5.97. The van der Waals surface area contributed by atoms with Crippen molar-refractivity contribution in [2.24, 2.45) is 11.7 Å². The van der Waals surface area contributed by atoms with Crippen LogP contribution in [0, 0.1) is 5.92 Å². The fourth-order valence-electron chi connectivity index (χ4n) is 3.57. The lowest BCUT2D eigenvalue weighted by Gasteiger charge is -2.36. The van der Waals surface area contributed by atoms with Gasteiger partial charge in [-0.1, -0.05) is 35.9 Å². The van der Waals surface area contributed by atoms with Crippen molar-refractivity contribution < 1.29 is 4.74 Å². The lowest BCUT2D eigenvalue weighted by atomic mass is 9.89. The van der Waals surface area contributed by atoms with Crippen LogP contribution in [0.15, 0.2) is 48.5 Å². The van der Waals surface area contributed by atoms with Crippen molar-refractivity contribution >= 4 is 11.6 Å². The van der Waals surface area contributed by atoms with E-state index in [-0.39, 0.29) is 6.04 Å². The van der Waals surface area contributed by atoms with Gasteiger partial charge >= 0.3 is 0 Å². The van der Waals surface area contributed by atoms with Gasteiger partial charge in [0.25, 0.3) is 0 Å². The first kappa shape index (κ1) is 17.3. The Labute approximate surface area is 149 Å². The predicted octanol–water partition coefficient (Wildman–Crippen LogP) is 3.74. The van der Waals surface area contributed by atoms with Gasteiger partial charge in [-0.25, -0.2) is 0 Å². The van der Waals surface area contributed by atoms with Crippen LogP contribution in [0.5, 0.6) is 5.75 Å². The molecule has 1 aliphatic heterocycles. The Bertz CT molecular complexity index is 642. The summed E-state index contributed by atoms with van der Waals surface area (Å²) in [6.07, 6.45) is 2.15. The largest absolute Gasteiger partial charge is 0.497 e. The first-order chi connectivity index (χ1) is 11.6. The molecule has 0 saturated carbocycles. The highest BCUT2D eigenvalue weighted by Crippen LogP contribution is 2.23. The molecule has 0 aromatic heterocycles. The first-order valence-corrected chi connectivity index (χ1v) is 8.85. The maximum Gasteiger partial charge on any atom is 0.118 e. The summed E-state index contributed by atoms with van der Waals surface area (Å²) in [5.41, 5.74) is 8.95. The van der Waals surface area contributed by atoms with Gasteiger partial charge in [0.2, 0.25) is 0 Å². The Morgan fingerprint density at radius 2 is 1.71 bits per heavy atom. The molecule has 1 saturated heterocycles. The van der Waals surface area contributed by atoms with Crippen LogP contribution in [0.1, 0.15) is 17.5 Å². The maximum atomic E-state index is 6.31. The van der Waals surface area contributed by atoms with Crippen LogP contribution < -0.4 is 10.5 Å². The number of hydrogen-bond acceptors (Lipinski definition) is 3. The van der Waals surface area contributed by atoms with E-state index >= 15 is 0 Å². The average molecular weight is 345 g/mol. The smallest absolute Gasteiger partial charge is 0.118 e. The normalized spacial score (nSPS) is 21.6. The topological polar surface area (TPSA) is 38.5 Å². The number of piperidine rings is 1. The number of methoxy groups -OCH3 is 1. The molecule has 0 amide bonds. The van der Waals surface area contributed by atoms with Crippen LogP contribution >= 0.6 is 11.6 Å². The van der Waals surface area contributed by atoms with E-state index in [0.717, 1.165) is 43.2 Å². The third-order valence-corrected chi connectivity index (χ3v) is 4.90. The summed E-state index contributed by atoms with van der Waals surface area (Å²) in [5.74, 6) is 1.50. The Kier molecular flexibility index (Phi) is 5.77. The number of hydrogen-bond donors (Lipinski definition) is 1. The van der Waals surface area contributed by atoms with Crippen molar-refractivity contribution in [1.29, 1.82) is 0 Å². The predicted molar refractivity (Wildman–Crippen MR) is 99.5 cm³/mol. The van der Waals surface area contributed by atoms with Gasteiger partial charge in [0.1, 0.15) is 5.75 Å². The molecular weight excluding hydrogens is 320 g/mol. The Hall–Kier alpha value is -1.55. The molecule has 3 nitrogen and oxygen atoms in total. The fraction of sp³-hybridized carbons (Fsp3) is 0.400. The second kappa shape index (κ2) is 8.02. The van der Waals surface area contributed by atoms with E-state index in [0.29, 0.717) is 5.92 Å². The third kappa shape index (κ3) is 4.73. The van der Waals surface area contributed by atoms with Crippen molar-refractivity contribution in [2.75, 3.05) is 20.2 Å². The minimum absolute atomic E-state index is 0.245. The number of nitrogens with zero attached hydrogens (tertiary/aromatic N) is 1. The summed E-state index contributed by atoms with van der Waals surface area (Å²) in [6, 6.07) is 16.7. The molecule has 2 aromatic carbocycles.